The molecular formula is C11H18N2O3S. The van der Waals surface area contributed by atoms with Crippen LogP contribution in [-0.2, 0) is 16.6 Å². The molecule has 0 bridgehead atoms. The molecule has 0 aliphatic carbocycles. The van der Waals surface area contributed by atoms with Crippen LogP contribution in [0.1, 0.15) is 18.4 Å². The van der Waals surface area contributed by atoms with Crippen molar-refractivity contribution in [3.63, 3.8) is 0 Å². The molecule has 5 nitrogen and oxygen atoms in total. The van der Waals surface area contributed by atoms with Crippen molar-refractivity contribution in [1.29, 1.82) is 0 Å². The fourth-order valence-corrected chi connectivity index (χ4v) is 2.63. The lowest BCUT2D eigenvalue weighted by Gasteiger charge is -2.16. The Bertz CT molecular complexity index is 420. The maximum absolute atomic E-state index is 11.8. The van der Waals surface area contributed by atoms with E-state index in [0.29, 0.717) is 19.4 Å². The highest BCUT2D eigenvalue weighted by molar-refractivity contribution is 7.89. The van der Waals surface area contributed by atoms with E-state index in [-0.39, 0.29) is 12.4 Å². The average Bonchev–Trinajstić information content (AvgIpc) is 2.30. The lowest BCUT2D eigenvalue weighted by atomic mass is 10.3. The molecule has 0 amide bonds. The minimum absolute atomic E-state index is 0.0296. The predicted molar refractivity (Wildman–Crippen MR) is 65.8 cm³/mol. The third-order valence-electron chi connectivity index (χ3n) is 2.41. The first kappa shape index (κ1) is 14.1. The molecule has 1 N–H and O–H groups in total. The molecule has 6 heteroatoms. The summed E-state index contributed by atoms with van der Waals surface area (Å²) in [7, 11) is -1.68. The van der Waals surface area contributed by atoms with Gasteiger partial charge in [0, 0.05) is 32.6 Å². The summed E-state index contributed by atoms with van der Waals surface area (Å²) in [4.78, 5) is 3.94. The number of aliphatic hydroxyl groups excluding tert-OH is 1. The van der Waals surface area contributed by atoms with Crippen molar-refractivity contribution in [3.8, 4) is 0 Å². The van der Waals surface area contributed by atoms with Crippen LogP contribution < -0.4 is 0 Å². The van der Waals surface area contributed by atoms with Gasteiger partial charge in [-0.25, -0.2) is 12.7 Å². The third-order valence-corrected chi connectivity index (χ3v) is 4.30. The van der Waals surface area contributed by atoms with Crippen molar-refractivity contribution in [2.45, 2.75) is 19.4 Å². The van der Waals surface area contributed by atoms with Gasteiger partial charge in [0.05, 0.1) is 5.75 Å². The average molecular weight is 258 g/mol. The molecule has 0 radical (unpaired) electrons. The molecule has 96 valence electrons. The van der Waals surface area contributed by atoms with E-state index >= 15 is 0 Å². The van der Waals surface area contributed by atoms with Crippen LogP contribution in [0.5, 0.6) is 0 Å². The molecule has 0 aromatic carbocycles. The number of hydrogen-bond acceptors (Lipinski definition) is 4. The van der Waals surface area contributed by atoms with E-state index in [1.54, 1.807) is 25.5 Å². The maximum Gasteiger partial charge on any atom is 0.214 e. The van der Waals surface area contributed by atoms with Crippen LogP contribution in [0.4, 0.5) is 0 Å². The molecule has 0 aliphatic rings. The van der Waals surface area contributed by atoms with E-state index in [9.17, 15) is 8.42 Å². The Kier molecular flexibility index (Phi) is 5.54. The second-order valence-corrected chi connectivity index (χ2v) is 6.06. The van der Waals surface area contributed by atoms with Gasteiger partial charge in [0.15, 0.2) is 0 Å². The highest BCUT2D eigenvalue weighted by atomic mass is 32.2. The van der Waals surface area contributed by atoms with E-state index in [4.69, 9.17) is 5.11 Å². The molecule has 0 unspecified atom stereocenters. The minimum atomic E-state index is -3.24. The molecule has 1 heterocycles. The molecular weight excluding hydrogens is 240 g/mol. The van der Waals surface area contributed by atoms with Crippen molar-refractivity contribution in [2.24, 2.45) is 0 Å². The SMILES string of the molecule is CN(Cc1cccnc1)S(=O)(=O)CCCCO. The van der Waals surface area contributed by atoms with Gasteiger partial charge in [-0.1, -0.05) is 6.07 Å². The Morgan fingerprint density at radius 1 is 1.41 bits per heavy atom. The predicted octanol–water partition coefficient (Wildman–Crippen LogP) is 0.616. The Labute approximate surface area is 102 Å². The molecule has 0 atom stereocenters. The molecule has 0 spiro atoms. The Balaban J connectivity index is 2.54. The summed E-state index contributed by atoms with van der Waals surface area (Å²) in [5.74, 6) is 0.0737. The summed E-state index contributed by atoms with van der Waals surface area (Å²) in [6.07, 6.45) is 4.30. The standard InChI is InChI=1S/C11H18N2O3S/c1-13(10-11-5-4-6-12-9-11)17(15,16)8-3-2-7-14/h4-6,9,14H,2-3,7-8,10H2,1H3. The van der Waals surface area contributed by atoms with Crippen LogP contribution in [0.15, 0.2) is 24.5 Å². The molecule has 0 saturated heterocycles. The van der Waals surface area contributed by atoms with Crippen molar-refractivity contribution < 1.29 is 13.5 Å². The maximum atomic E-state index is 11.8. The number of pyridine rings is 1. The second-order valence-electron chi connectivity index (χ2n) is 3.86. The van der Waals surface area contributed by atoms with Crippen molar-refractivity contribution in [3.05, 3.63) is 30.1 Å². The molecule has 1 rings (SSSR count). The topological polar surface area (TPSA) is 70.5 Å². The van der Waals surface area contributed by atoms with Gasteiger partial charge in [-0.15, -0.1) is 0 Å². The van der Waals surface area contributed by atoms with Crippen molar-refractivity contribution in [1.82, 2.24) is 9.29 Å². The highest BCUT2D eigenvalue weighted by Gasteiger charge is 2.17. The summed E-state index contributed by atoms with van der Waals surface area (Å²) >= 11 is 0. The number of sulfonamides is 1. The highest BCUT2D eigenvalue weighted by Crippen LogP contribution is 2.08. The largest absolute Gasteiger partial charge is 0.396 e. The van der Waals surface area contributed by atoms with Gasteiger partial charge in [0.2, 0.25) is 10.0 Å². The Hall–Kier alpha value is -0.980. The molecule has 1 aromatic heterocycles. The van der Waals surface area contributed by atoms with Crippen molar-refractivity contribution >= 4 is 10.0 Å². The number of aliphatic hydroxyl groups is 1. The lowest BCUT2D eigenvalue weighted by Crippen LogP contribution is -2.28. The Morgan fingerprint density at radius 3 is 2.76 bits per heavy atom. The van der Waals surface area contributed by atoms with Gasteiger partial charge >= 0.3 is 0 Å². The van der Waals surface area contributed by atoms with Crippen LogP contribution in [0.2, 0.25) is 0 Å². The van der Waals surface area contributed by atoms with Gasteiger partial charge in [-0.05, 0) is 24.5 Å². The molecule has 1 aromatic rings. The number of aromatic nitrogens is 1. The van der Waals surface area contributed by atoms with E-state index in [2.05, 4.69) is 4.98 Å². The van der Waals surface area contributed by atoms with Gasteiger partial charge in [-0.2, -0.15) is 0 Å². The molecule has 0 aliphatic heterocycles. The zero-order valence-corrected chi connectivity index (χ0v) is 10.7. The fourth-order valence-electron chi connectivity index (χ4n) is 1.40. The number of nitrogens with zero attached hydrogens (tertiary/aromatic N) is 2. The van der Waals surface area contributed by atoms with Crippen LogP contribution in [0, 0.1) is 0 Å². The smallest absolute Gasteiger partial charge is 0.214 e. The van der Waals surface area contributed by atoms with Gasteiger partial charge in [0.1, 0.15) is 0 Å². The van der Waals surface area contributed by atoms with E-state index in [1.165, 1.54) is 4.31 Å². The summed E-state index contributed by atoms with van der Waals surface area (Å²) in [6.45, 7) is 0.358. The fraction of sp³-hybridized carbons (Fsp3) is 0.545. The Morgan fingerprint density at radius 2 is 2.18 bits per heavy atom. The zero-order chi connectivity index (χ0) is 12.7. The number of hydrogen-bond donors (Lipinski definition) is 1. The summed E-state index contributed by atoms with van der Waals surface area (Å²) in [6, 6.07) is 3.62. The summed E-state index contributed by atoms with van der Waals surface area (Å²) in [5, 5.41) is 8.62. The number of rotatable bonds is 7. The normalized spacial score (nSPS) is 11.9. The summed E-state index contributed by atoms with van der Waals surface area (Å²) < 4.78 is 25.0. The molecule has 17 heavy (non-hydrogen) atoms. The minimum Gasteiger partial charge on any atom is -0.396 e. The summed E-state index contributed by atoms with van der Waals surface area (Å²) in [5.41, 5.74) is 0.862. The molecule has 0 fully saturated rings. The first-order chi connectivity index (χ1) is 8.06. The van der Waals surface area contributed by atoms with Crippen LogP contribution >= 0.6 is 0 Å². The number of unbranched alkanes of at least 4 members (excludes halogenated alkanes) is 1. The third kappa shape index (κ3) is 4.80. The van der Waals surface area contributed by atoms with Crippen LogP contribution in [-0.4, -0.2) is 42.2 Å². The second kappa shape index (κ2) is 6.68. The van der Waals surface area contributed by atoms with Gasteiger partial charge in [-0.3, -0.25) is 4.98 Å². The van der Waals surface area contributed by atoms with Gasteiger partial charge in [0.25, 0.3) is 0 Å². The zero-order valence-electron chi connectivity index (χ0n) is 9.91. The van der Waals surface area contributed by atoms with Crippen LogP contribution in [0.25, 0.3) is 0 Å². The van der Waals surface area contributed by atoms with Crippen molar-refractivity contribution in [2.75, 3.05) is 19.4 Å². The first-order valence-electron chi connectivity index (χ1n) is 5.50. The van der Waals surface area contributed by atoms with E-state index in [1.807, 2.05) is 6.07 Å². The van der Waals surface area contributed by atoms with E-state index < -0.39 is 10.0 Å². The van der Waals surface area contributed by atoms with Crippen LogP contribution in [0.3, 0.4) is 0 Å². The monoisotopic (exact) mass is 258 g/mol. The van der Waals surface area contributed by atoms with Gasteiger partial charge < -0.3 is 5.11 Å². The quantitative estimate of drug-likeness (QED) is 0.728. The van der Waals surface area contributed by atoms with E-state index in [0.717, 1.165) is 5.56 Å². The first-order valence-corrected chi connectivity index (χ1v) is 7.11. The molecule has 0 saturated carbocycles. The lowest BCUT2D eigenvalue weighted by molar-refractivity contribution is 0.287.